The van der Waals surface area contributed by atoms with Crippen LogP contribution in [0.2, 0.25) is 0 Å². The lowest BCUT2D eigenvalue weighted by molar-refractivity contribution is -0.155. The van der Waals surface area contributed by atoms with Crippen molar-refractivity contribution in [2.45, 2.75) is 25.7 Å². The van der Waals surface area contributed by atoms with Crippen molar-refractivity contribution < 1.29 is 19.4 Å². The molecular formula is C11H12O4. The van der Waals surface area contributed by atoms with Crippen LogP contribution in [-0.4, -0.2) is 23.7 Å². The van der Waals surface area contributed by atoms with Gasteiger partial charge >= 0.3 is 11.9 Å². The van der Waals surface area contributed by atoms with Crippen LogP contribution in [0, 0.1) is 10.8 Å². The van der Waals surface area contributed by atoms with E-state index in [4.69, 9.17) is 4.74 Å². The molecule has 0 aromatic rings. The molecular weight excluding hydrogens is 196 g/mol. The standard InChI is InChI=1S/C11H12O4/c12-6-7-5-10-3-1-2-4-11(7,10)9(14)15-8(10)13/h5,12H,1-4,6H2/t10-,11+/m1/s1. The molecule has 2 aliphatic carbocycles. The first kappa shape index (κ1) is 9.09. The van der Waals surface area contributed by atoms with Crippen molar-refractivity contribution >= 4 is 11.9 Å². The Labute approximate surface area is 86.9 Å². The molecule has 0 spiro atoms. The first-order chi connectivity index (χ1) is 7.17. The Balaban J connectivity index is 2.18. The molecule has 1 heterocycles. The molecule has 4 nitrogen and oxygen atoms in total. The van der Waals surface area contributed by atoms with Gasteiger partial charge in [0.05, 0.1) is 6.61 Å². The Morgan fingerprint density at radius 2 is 2.00 bits per heavy atom. The highest BCUT2D eigenvalue weighted by Gasteiger charge is 2.74. The van der Waals surface area contributed by atoms with Crippen molar-refractivity contribution in [2.75, 3.05) is 6.61 Å². The van der Waals surface area contributed by atoms with Crippen LogP contribution >= 0.6 is 0 Å². The van der Waals surface area contributed by atoms with E-state index in [-0.39, 0.29) is 6.61 Å². The van der Waals surface area contributed by atoms with Crippen molar-refractivity contribution in [3.8, 4) is 0 Å². The van der Waals surface area contributed by atoms with E-state index in [0.717, 1.165) is 12.8 Å². The van der Waals surface area contributed by atoms with Gasteiger partial charge in [-0.2, -0.15) is 0 Å². The third kappa shape index (κ3) is 0.718. The fourth-order valence-electron chi connectivity index (χ4n) is 3.41. The number of rotatable bonds is 1. The molecule has 1 saturated carbocycles. The summed E-state index contributed by atoms with van der Waals surface area (Å²) in [4.78, 5) is 23.5. The summed E-state index contributed by atoms with van der Waals surface area (Å²) in [5.74, 6) is -0.858. The lowest BCUT2D eigenvalue weighted by atomic mass is 9.46. The average Bonchev–Trinajstić information content (AvgIpc) is 2.37. The quantitative estimate of drug-likeness (QED) is 0.388. The van der Waals surface area contributed by atoms with E-state index in [9.17, 15) is 14.7 Å². The van der Waals surface area contributed by atoms with Crippen LogP contribution in [0.3, 0.4) is 0 Å². The normalized spacial score (nSPS) is 42.6. The zero-order chi connectivity index (χ0) is 10.7. The lowest BCUT2D eigenvalue weighted by Crippen LogP contribution is -2.55. The van der Waals surface area contributed by atoms with Gasteiger partial charge in [-0.1, -0.05) is 18.9 Å². The third-order valence-corrected chi connectivity index (χ3v) is 4.17. The van der Waals surface area contributed by atoms with Gasteiger partial charge < -0.3 is 9.84 Å². The van der Waals surface area contributed by atoms with E-state index in [0.29, 0.717) is 18.4 Å². The summed E-state index contributed by atoms with van der Waals surface area (Å²) in [5.41, 5.74) is -0.838. The first-order valence-corrected chi connectivity index (χ1v) is 5.27. The van der Waals surface area contributed by atoms with E-state index in [1.165, 1.54) is 0 Å². The molecule has 3 aliphatic rings. The van der Waals surface area contributed by atoms with E-state index in [1.807, 2.05) is 0 Å². The summed E-state index contributed by atoms with van der Waals surface area (Å²) in [5, 5.41) is 9.18. The van der Waals surface area contributed by atoms with Crippen molar-refractivity contribution in [3.63, 3.8) is 0 Å². The fraction of sp³-hybridized carbons (Fsp3) is 0.636. The molecule has 0 radical (unpaired) electrons. The van der Waals surface area contributed by atoms with Gasteiger partial charge in [0.1, 0.15) is 10.8 Å². The number of hydrogen-bond acceptors (Lipinski definition) is 4. The van der Waals surface area contributed by atoms with E-state index < -0.39 is 22.8 Å². The predicted molar refractivity (Wildman–Crippen MR) is 49.6 cm³/mol. The van der Waals surface area contributed by atoms with Gasteiger partial charge in [-0.25, -0.2) is 0 Å². The van der Waals surface area contributed by atoms with Gasteiger partial charge in [0.15, 0.2) is 0 Å². The highest BCUT2D eigenvalue weighted by atomic mass is 16.6. The average molecular weight is 208 g/mol. The number of carbonyl (C=O) groups is 2. The van der Waals surface area contributed by atoms with E-state index in [1.54, 1.807) is 6.08 Å². The number of ether oxygens (including phenoxy) is 1. The van der Waals surface area contributed by atoms with E-state index in [2.05, 4.69) is 0 Å². The Morgan fingerprint density at radius 1 is 1.27 bits per heavy atom. The van der Waals surface area contributed by atoms with Crippen LogP contribution in [0.1, 0.15) is 25.7 Å². The topological polar surface area (TPSA) is 63.6 Å². The van der Waals surface area contributed by atoms with E-state index >= 15 is 0 Å². The molecule has 3 rings (SSSR count). The second kappa shape index (κ2) is 2.50. The maximum absolute atomic E-state index is 11.8. The molecule has 2 atom stereocenters. The summed E-state index contributed by atoms with van der Waals surface area (Å²) in [6.07, 6.45) is 4.94. The maximum Gasteiger partial charge on any atom is 0.325 e. The minimum absolute atomic E-state index is 0.149. The molecule has 0 aromatic carbocycles. The van der Waals surface area contributed by atoms with Crippen LogP contribution < -0.4 is 0 Å². The number of cyclic esters (lactones) is 2. The van der Waals surface area contributed by atoms with Crippen molar-refractivity contribution in [1.29, 1.82) is 0 Å². The highest BCUT2D eigenvalue weighted by molar-refractivity contribution is 6.07. The molecule has 0 bridgehead atoms. The van der Waals surface area contributed by atoms with Gasteiger partial charge in [0, 0.05) is 0 Å². The van der Waals surface area contributed by atoms with Gasteiger partial charge in [-0.15, -0.1) is 0 Å². The SMILES string of the molecule is O=C1OC(=O)[C@@]23C=C(CO)[C@@]12CCCC3. The van der Waals surface area contributed by atoms with Crippen LogP contribution in [0.25, 0.3) is 0 Å². The number of aliphatic hydroxyl groups excluding tert-OH is 1. The molecule has 2 fully saturated rings. The molecule has 80 valence electrons. The fourth-order valence-corrected chi connectivity index (χ4v) is 3.41. The molecule has 1 saturated heterocycles. The zero-order valence-electron chi connectivity index (χ0n) is 8.28. The molecule has 0 amide bonds. The Morgan fingerprint density at radius 3 is 2.73 bits per heavy atom. The van der Waals surface area contributed by atoms with Crippen molar-refractivity contribution in [1.82, 2.24) is 0 Å². The van der Waals surface area contributed by atoms with Crippen molar-refractivity contribution in [2.24, 2.45) is 10.8 Å². The summed E-state index contributed by atoms with van der Waals surface area (Å²) < 4.78 is 4.77. The second-order valence-corrected chi connectivity index (χ2v) is 4.59. The number of hydrogen-bond donors (Lipinski definition) is 1. The summed E-state index contributed by atoms with van der Waals surface area (Å²) in [7, 11) is 0. The van der Waals surface area contributed by atoms with Crippen LogP contribution in [0.15, 0.2) is 11.6 Å². The second-order valence-electron chi connectivity index (χ2n) is 4.59. The Hall–Kier alpha value is -1.16. The maximum atomic E-state index is 11.8. The van der Waals surface area contributed by atoms with Crippen LogP contribution in [0.4, 0.5) is 0 Å². The first-order valence-electron chi connectivity index (χ1n) is 5.27. The number of esters is 2. The van der Waals surface area contributed by atoms with Gasteiger partial charge in [0.25, 0.3) is 0 Å². The summed E-state index contributed by atoms with van der Waals surface area (Å²) in [6, 6.07) is 0. The molecule has 4 heteroatoms. The minimum Gasteiger partial charge on any atom is -0.392 e. The lowest BCUT2D eigenvalue weighted by Gasteiger charge is -2.50. The summed E-state index contributed by atoms with van der Waals surface area (Å²) in [6.45, 7) is -0.149. The zero-order valence-corrected chi connectivity index (χ0v) is 8.28. The Kier molecular flexibility index (Phi) is 1.51. The van der Waals surface area contributed by atoms with Gasteiger partial charge in [-0.3, -0.25) is 9.59 Å². The summed E-state index contributed by atoms with van der Waals surface area (Å²) >= 11 is 0. The molecule has 0 unspecified atom stereocenters. The van der Waals surface area contributed by atoms with Crippen molar-refractivity contribution in [3.05, 3.63) is 11.6 Å². The number of carbonyl (C=O) groups excluding carboxylic acids is 2. The smallest absolute Gasteiger partial charge is 0.325 e. The molecule has 1 aliphatic heterocycles. The Bertz CT molecular complexity index is 397. The molecule has 0 aromatic heterocycles. The van der Waals surface area contributed by atoms with Gasteiger partial charge in [0.2, 0.25) is 0 Å². The molecule has 1 N–H and O–H groups in total. The largest absolute Gasteiger partial charge is 0.392 e. The number of aliphatic hydroxyl groups is 1. The van der Waals surface area contributed by atoms with Crippen LogP contribution in [0.5, 0.6) is 0 Å². The third-order valence-electron chi connectivity index (χ3n) is 4.17. The predicted octanol–water partition coefficient (Wildman–Crippen LogP) is 0.549. The van der Waals surface area contributed by atoms with Gasteiger partial charge in [-0.05, 0) is 18.4 Å². The van der Waals surface area contributed by atoms with Crippen LogP contribution in [-0.2, 0) is 14.3 Å². The monoisotopic (exact) mass is 208 g/mol. The minimum atomic E-state index is -0.795. The molecule has 15 heavy (non-hydrogen) atoms. The highest BCUT2D eigenvalue weighted by Crippen LogP contribution is 2.67.